The van der Waals surface area contributed by atoms with E-state index in [4.69, 9.17) is 4.98 Å². The highest BCUT2D eigenvalue weighted by molar-refractivity contribution is 5.74. The molecule has 0 radical (unpaired) electrons. The normalized spacial score (nSPS) is 15.2. The Bertz CT molecular complexity index is 1140. The number of hydrogen-bond donors (Lipinski definition) is 1. The Balaban J connectivity index is 1.74. The second-order valence-corrected chi connectivity index (χ2v) is 7.80. The highest BCUT2D eigenvalue weighted by atomic mass is 19.1. The summed E-state index contributed by atoms with van der Waals surface area (Å²) in [7, 11) is 1.60. The number of nitrogens with one attached hydrogen (secondary N) is 1. The third-order valence-electron chi connectivity index (χ3n) is 5.72. The minimum absolute atomic E-state index is 0.307. The number of piperazine rings is 1. The van der Waals surface area contributed by atoms with Crippen molar-refractivity contribution in [2.24, 2.45) is 7.05 Å². The molecule has 1 N–H and O–H groups in total. The molecule has 0 aliphatic carbocycles. The number of aromatic nitrogens is 4. The fraction of sp³-hybridized carbons (Fsp3) is 0.476. The maximum absolute atomic E-state index is 13.4. The van der Waals surface area contributed by atoms with Gasteiger partial charge in [0.15, 0.2) is 11.2 Å². The van der Waals surface area contributed by atoms with E-state index in [-0.39, 0.29) is 5.82 Å². The first-order valence-electron chi connectivity index (χ1n) is 10.4. The molecule has 3 heterocycles. The first kappa shape index (κ1) is 20.3. The molecule has 0 spiro atoms. The molecule has 8 nitrogen and oxygen atoms in total. The van der Waals surface area contributed by atoms with Crippen LogP contribution in [-0.2, 0) is 13.6 Å². The maximum atomic E-state index is 13.4. The Morgan fingerprint density at radius 2 is 1.80 bits per heavy atom. The molecule has 0 amide bonds. The molecule has 0 saturated carbocycles. The van der Waals surface area contributed by atoms with Gasteiger partial charge in [-0.05, 0) is 30.7 Å². The maximum Gasteiger partial charge on any atom is 0.329 e. The lowest BCUT2D eigenvalue weighted by Crippen LogP contribution is -2.47. The van der Waals surface area contributed by atoms with Gasteiger partial charge in [-0.25, -0.2) is 9.18 Å². The van der Waals surface area contributed by atoms with Crippen LogP contribution < -0.4 is 16.1 Å². The summed E-state index contributed by atoms with van der Waals surface area (Å²) in [6.45, 7) is 7.08. The van der Waals surface area contributed by atoms with Gasteiger partial charge in [-0.2, -0.15) is 4.98 Å². The van der Waals surface area contributed by atoms with Crippen LogP contribution in [0.15, 0.2) is 33.9 Å². The second kappa shape index (κ2) is 8.43. The molecule has 1 saturated heterocycles. The number of anilines is 1. The van der Waals surface area contributed by atoms with Gasteiger partial charge >= 0.3 is 5.69 Å². The zero-order valence-electron chi connectivity index (χ0n) is 17.4. The van der Waals surface area contributed by atoms with Gasteiger partial charge in [-0.3, -0.25) is 23.8 Å². The molecule has 0 atom stereocenters. The third-order valence-corrected chi connectivity index (χ3v) is 5.72. The summed E-state index contributed by atoms with van der Waals surface area (Å²) in [6, 6.07) is 6.20. The molecule has 0 unspecified atom stereocenters. The van der Waals surface area contributed by atoms with Crippen LogP contribution in [0.3, 0.4) is 0 Å². The van der Waals surface area contributed by atoms with Crippen LogP contribution in [0.4, 0.5) is 10.3 Å². The molecule has 1 fully saturated rings. The predicted octanol–water partition coefficient (Wildman–Crippen LogP) is 1.53. The number of H-pyrrole nitrogens is 1. The summed E-state index contributed by atoms with van der Waals surface area (Å²) in [5, 5.41) is 0. The number of fused-ring (bicyclic) bond motifs is 1. The summed E-state index contributed by atoms with van der Waals surface area (Å²) in [4.78, 5) is 36.4. The molecule has 30 heavy (non-hydrogen) atoms. The molecule has 1 aromatic carbocycles. The number of halogens is 1. The van der Waals surface area contributed by atoms with E-state index in [1.165, 1.54) is 29.5 Å². The van der Waals surface area contributed by atoms with Crippen molar-refractivity contribution in [3.05, 3.63) is 56.5 Å². The number of aryl methyl sites for hydroxylation is 1. The molecule has 9 heteroatoms. The number of nitrogens with zero attached hydrogens (tertiary/aromatic N) is 5. The molecule has 3 aromatic rings. The van der Waals surface area contributed by atoms with E-state index in [1.807, 2.05) is 4.57 Å². The minimum atomic E-state index is -0.491. The van der Waals surface area contributed by atoms with E-state index in [0.29, 0.717) is 23.7 Å². The first-order valence-corrected chi connectivity index (χ1v) is 10.4. The number of unbranched alkanes of at least 4 members (excludes halogenated alkanes) is 1. The van der Waals surface area contributed by atoms with E-state index in [2.05, 4.69) is 21.7 Å². The molecule has 4 rings (SSSR count). The van der Waals surface area contributed by atoms with Crippen LogP contribution in [0, 0.1) is 5.82 Å². The monoisotopic (exact) mass is 414 g/mol. The largest absolute Gasteiger partial charge is 0.340 e. The molecule has 1 aliphatic rings. The van der Waals surface area contributed by atoms with Crippen LogP contribution in [0.25, 0.3) is 11.2 Å². The molecule has 0 bridgehead atoms. The SMILES string of the molecule is CCCCN1CCN(c2nc3c(c(=O)[nH]c(=O)n3C)n2Cc2ccc(F)cc2)CC1. The van der Waals surface area contributed by atoms with Gasteiger partial charge in [0.2, 0.25) is 5.95 Å². The van der Waals surface area contributed by atoms with Crippen LogP contribution in [0.2, 0.25) is 0 Å². The number of hydrogen-bond acceptors (Lipinski definition) is 5. The minimum Gasteiger partial charge on any atom is -0.340 e. The second-order valence-electron chi connectivity index (χ2n) is 7.80. The Kier molecular flexibility index (Phi) is 5.72. The van der Waals surface area contributed by atoms with Crippen molar-refractivity contribution >= 4 is 17.1 Å². The van der Waals surface area contributed by atoms with Gasteiger partial charge in [0.05, 0.1) is 6.54 Å². The number of rotatable bonds is 6. The van der Waals surface area contributed by atoms with Crippen molar-refractivity contribution in [3.8, 4) is 0 Å². The Hall–Kier alpha value is -2.94. The van der Waals surface area contributed by atoms with Gasteiger partial charge < -0.3 is 4.90 Å². The van der Waals surface area contributed by atoms with Crippen molar-refractivity contribution < 1.29 is 4.39 Å². The summed E-state index contributed by atoms with van der Waals surface area (Å²) in [5.74, 6) is 0.356. The van der Waals surface area contributed by atoms with Gasteiger partial charge in [0.25, 0.3) is 5.56 Å². The smallest absolute Gasteiger partial charge is 0.329 e. The lowest BCUT2D eigenvalue weighted by molar-refractivity contribution is 0.252. The molecular formula is C21H27FN6O2. The summed E-state index contributed by atoms with van der Waals surface area (Å²) in [6.07, 6.45) is 2.35. The van der Waals surface area contributed by atoms with Crippen LogP contribution in [0.5, 0.6) is 0 Å². The van der Waals surface area contributed by atoms with E-state index >= 15 is 0 Å². The lowest BCUT2D eigenvalue weighted by atomic mass is 10.2. The number of benzene rings is 1. The zero-order chi connectivity index (χ0) is 21.3. The van der Waals surface area contributed by atoms with E-state index in [9.17, 15) is 14.0 Å². The van der Waals surface area contributed by atoms with Crippen LogP contribution in [0.1, 0.15) is 25.3 Å². The van der Waals surface area contributed by atoms with Gasteiger partial charge in [0, 0.05) is 33.2 Å². The topological polar surface area (TPSA) is 79.2 Å². The summed E-state index contributed by atoms with van der Waals surface area (Å²) >= 11 is 0. The van der Waals surface area contributed by atoms with Crippen LogP contribution >= 0.6 is 0 Å². The fourth-order valence-corrected chi connectivity index (χ4v) is 3.94. The average Bonchev–Trinajstić information content (AvgIpc) is 3.12. The van der Waals surface area contributed by atoms with Crippen molar-refractivity contribution in [1.29, 1.82) is 0 Å². The Labute approximate surface area is 173 Å². The van der Waals surface area contributed by atoms with Gasteiger partial charge in [-0.1, -0.05) is 25.5 Å². The first-order chi connectivity index (χ1) is 14.5. The molecule has 2 aromatic heterocycles. The zero-order valence-corrected chi connectivity index (χ0v) is 17.4. The Morgan fingerprint density at radius 3 is 2.47 bits per heavy atom. The third kappa shape index (κ3) is 3.89. The van der Waals surface area contributed by atoms with Crippen LogP contribution in [-0.4, -0.2) is 56.7 Å². The fourth-order valence-electron chi connectivity index (χ4n) is 3.94. The van der Waals surface area contributed by atoms with Crippen molar-refractivity contribution in [3.63, 3.8) is 0 Å². The molecular weight excluding hydrogens is 387 g/mol. The predicted molar refractivity (Wildman–Crippen MR) is 115 cm³/mol. The lowest BCUT2D eigenvalue weighted by Gasteiger charge is -2.35. The summed E-state index contributed by atoms with van der Waals surface area (Å²) in [5.41, 5.74) is 0.608. The van der Waals surface area contributed by atoms with Gasteiger partial charge in [-0.15, -0.1) is 0 Å². The van der Waals surface area contributed by atoms with Crippen molar-refractivity contribution in [1.82, 2.24) is 24.0 Å². The highest BCUT2D eigenvalue weighted by Crippen LogP contribution is 2.22. The number of aromatic amines is 1. The average molecular weight is 414 g/mol. The Morgan fingerprint density at radius 1 is 1.10 bits per heavy atom. The van der Waals surface area contributed by atoms with Crippen molar-refractivity contribution in [2.45, 2.75) is 26.3 Å². The quantitative estimate of drug-likeness (QED) is 0.662. The van der Waals surface area contributed by atoms with Gasteiger partial charge in [0.1, 0.15) is 5.82 Å². The number of imidazole rings is 1. The molecule has 1 aliphatic heterocycles. The highest BCUT2D eigenvalue weighted by Gasteiger charge is 2.24. The standard InChI is InChI=1S/C21H27FN6O2/c1-3-4-9-26-10-12-27(13-11-26)20-23-18-17(19(29)24-21(30)25(18)2)28(20)14-15-5-7-16(22)8-6-15/h5-8H,3-4,9-14H2,1-2H3,(H,24,29,30). The molecule has 160 valence electrons. The van der Waals surface area contributed by atoms with Crippen molar-refractivity contribution in [2.75, 3.05) is 37.6 Å². The van der Waals surface area contributed by atoms with E-state index in [0.717, 1.165) is 38.3 Å². The van der Waals surface area contributed by atoms with E-state index < -0.39 is 11.2 Å². The summed E-state index contributed by atoms with van der Waals surface area (Å²) < 4.78 is 16.5. The van der Waals surface area contributed by atoms with E-state index in [1.54, 1.807) is 19.2 Å².